The lowest BCUT2D eigenvalue weighted by atomic mass is 10.1. The zero-order valence-corrected chi connectivity index (χ0v) is 15.2. The van der Waals surface area contributed by atoms with Crippen molar-refractivity contribution in [2.45, 2.75) is 32.5 Å². The van der Waals surface area contributed by atoms with E-state index in [0.29, 0.717) is 19.7 Å². The number of nitrogens with zero attached hydrogens (tertiary/aromatic N) is 3. The smallest absolute Gasteiger partial charge is 0.410 e. The largest absolute Gasteiger partial charge is 0.444 e. The molecule has 1 N–H and O–H groups in total. The van der Waals surface area contributed by atoms with E-state index in [-0.39, 0.29) is 17.8 Å². The van der Waals surface area contributed by atoms with Crippen LogP contribution < -0.4 is 5.32 Å². The lowest BCUT2D eigenvalue weighted by molar-refractivity contribution is -0.0432. The molecule has 1 aromatic rings. The summed E-state index contributed by atoms with van der Waals surface area (Å²) in [6.45, 7) is 6.89. The molecular weight excluding hydrogens is 332 g/mol. The molecule has 26 heavy (non-hydrogen) atoms. The Hall–Kier alpha value is -3.03. The fraction of sp³-hybridized carbons (Fsp3) is 0.421. The number of morpholine rings is 1. The number of rotatable bonds is 3. The molecule has 1 aliphatic rings. The molecule has 1 amide bonds. The monoisotopic (exact) mass is 354 g/mol. The van der Waals surface area contributed by atoms with Crippen molar-refractivity contribution in [1.29, 1.82) is 10.5 Å². The van der Waals surface area contributed by atoms with Gasteiger partial charge < -0.3 is 19.7 Å². The second kappa shape index (κ2) is 8.37. The minimum Gasteiger partial charge on any atom is -0.444 e. The van der Waals surface area contributed by atoms with Crippen molar-refractivity contribution in [3.8, 4) is 12.1 Å². The lowest BCUT2D eigenvalue weighted by Crippen LogP contribution is -2.44. The van der Waals surface area contributed by atoms with Crippen LogP contribution in [0.3, 0.4) is 0 Å². The van der Waals surface area contributed by atoms with Gasteiger partial charge in [0.2, 0.25) is 0 Å². The molecule has 1 fully saturated rings. The molecule has 0 aromatic heterocycles. The van der Waals surface area contributed by atoms with Crippen LogP contribution in [0.4, 0.5) is 10.5 Å². The van der Waals surface area contributed by atoms with Gasteiger partial charge in [0.25, 0.3) is 0 Å². The van der Waals surface area contributed by atoms with Crippen molar-refractivity contribution in [2.75, 3.05) is 25.0 Å². The van der Waals surface area contributed by atoms with Gasteiger partial charge >= 0.3 is 6.09 Å². The van der Waals surface area contributed by atoms with Crippen LogP contribution in [-0.4, -0.2) is 36.3 Å². The van der Waals surface area contributed by atoms with Gasteiger partial charge in [0.05, 0.1) is 13.2 Å². The zero-order chi connectivity index (χ0) is 19.2. The van der Waals surface area contributed by atoms with Gasteiger partial charge in [-0.05, 0) is 38.5 Å². The fourth-order valence-corrected chi connectivity index (χ4v) is 2.38. The van der Waals surface area contributed by atoms with Crippen LogP contribution in [0.25, 0.3) is 0 Å². The number of allylic oxidation sites excluding steroid dienone is 1. The SMILES string of the molecule is CC(C)(C)OC(=O)N1CCOC(c2ccc(NC=C(C#N)C#N)cc2)C1. The van der Waals surface area contributed by atoms with Crippen LogP contribution >= 0.6 is 0 Å². The molecular formula is C19H22N4O3. The first-order valence-corrected chi connectivity index (χ1v) is 8.29. The van der Waals surface area contributed by atoms with E-state index in [9.17, 15) is 4.79 Å². The van der Waals surface area contributed by atoms with E-state index in [4.69, 9.17) is 20.0 Å². The summed E-state index contributed by atoms with van der Waals surface area (Å²) in [6, 6.07) is 11.0. The van der Waals surface area contributed by atoms with Crippen molar-refractivity contribution in [1.82, 2.24) is 4.90 Å². The number of hydrogen-bond donors (Lipinski definition) is 1. The third kappa shape index (κ3) is 5.51. The van der Waals surface area contributed by atoms with Gasteiger partial charge in [0.1, 0.15) is 29.4 Å². The minimum atomic E-state index is -0.530. The summed E-state index contributed by atoms with van der Waals surface area (Å²) in [5.74, 6) is 0. The Morgan fingerprint density at radius 1 is 1.31 bits per heavy atom. The first-order chi connectivity index (χ1) is 12.3. The van der Waals surface area contributed by atoms with Gasteiger partial charge in [-0.15, -0.1) is 0 Å². The summed E-state index contributed by atoms with van der Waals surface area (Å²) in [6.07, 6.45) is 0.792. The summed E-state index contributed by atoms with van der Waals surface area (Å²) in [4.78, 5) is 13.9. The minimum absolute atomic E-state index is 0.00214. The molecule has 0 bridgehead atoms. The van der Waals surface area contributed by atoms with Gasteiger partial charge in [0, 0.05) is 18.4 Å². The maximum atomic E-state index is 12.2. The highest BCUT2D eigenvalue weighted by Gasteiger charge is 2.28. The topological polar surface area (TPSA) is 98.4 Å². The number of nitriles is 2. The Morgan fingerprint density at radius 3 is 2.54 bits per heavy atom. The van der Waals surface area contributed by atoms with Crippen molar-refractivity contribution < 1.29 is 14.3 Å². The highest BCUT2D eigenvalue weighted by Crippen LogP contribution is 2.25. The molecule has 7 nitrogen and oxygen atoms in total. The molecule has 1 aliphatic heterocycles. The normalized spacial score (nSPS) is 16.8. The summed E-state index contributed by atoms with van der Waals surface area (Å²) in [5, 5.41) is 20.3. The van der Waals surface area contributed by atoms with Crippen LogP contribution in [0, 0.1) is 22.7 Å². The number of carbonyl (C=O) groups is 1. The Bertz CT molecular complexity index is 735. The van der Waals surface area contributed by atoms with Crippen LogP contribution in [0.1, 0.15) is 32.4 Å². The second-order valence-electron chi connectivity index (χ2n) is 6.83. The molecule has 0 saturated carbocycles. The van der Waals surface area contributed by atoms with Crippen LogP contribution in [-0.2, 0) is 9.47 Å². The number of benzene rings is 1. The third-order valence-electron chi connectivity index (χ3n) is 3.62. The van der Waals surface area contributed by atoms with E-state index in [1.807, 2.05) is 45.0 Å². The first kappa shape index (κ1) is 19.3. The van der Waals surface area contributed by atoms with Crippen LogP contribution in [0.15, 0.2) is 36.0 Å². The Labute approximate surface area is 153 Å². The van der Waals surface area contributed by atoms with E-state index < -0.39 is 5.60 Å². The van der Waals surface area contributed by atoms with Gasteiger partial charge in [-0.3, -0.25) is 0 Å². The fourth-order valence-electron chi connectivity index (χ4n) is 2.38. The van der Waals surface area contributed by atoms with Gasteiger partial charge in [-0.25, -0.2) is 4.79 Å². The molecule has 1 atom stereocenters. The first-order valence-electron chi connectivity index (χ1n) is 8.29. The molecule has 0 aliphatic carbocycles. The number of hydrogen-bond acceptors (Lipinski definition) is 6. The highest BCUT2D eigenvalue weighted by molar-refractivity contribution is 5.68. The summed E-state index contributed by atoms with van der Waals surface area (Å²) >= 11 is 0. The molecule has 1 heterocycles. The van der Waals surface area contributed by atoms with Crippen molar-refractivity contribution in [2.24, 2.45) is 0 Å². The van der Waals surface area contributed by atoms with Crippen molar-refractivity contribution >= 4 is 11.8 Å². The number of anilines is 1. The quantitative estimate of drug-likeness (QED) is 0.836. The van der Waals surface area contributed by atoms with E-state index >= 15 is 0 Å². The Balaban J connectivity index is 2.00. The summed E-state index contributed by atoms with van der Waals surface area (Å²) in [7, 11) is 0. The van der Waals surface area contributed by atoms with E-state index in [1.54, 1.807) is 17.0 Å². The van der Waals surface area contributed by atoms with Crippen molar-refractivity contribution in [3.63, 3.8) is 0 Å². The van der Waals surface area contributed by atoms with E-state index in [1.165, 1.54) is 6.20 Å². The number of carbonyl (C=O) groups excluding carboxylic acids is 1. The zero-order valence-electron chi connectivity index (χ0n) is 15.2. The maximum absolute atomic E-state index is 12.2. The van der Waals surface area contributed by atoms with E-state index in [2.05, 4.69) is 5.32 Å². The predicted molar refractivity (Wildman–Crippen MR) is 95.9 cm³/mol. The molecule has 136 valence electrons. The lowest BCUT2D eigenvalue weighted by Gasteiger charge is -2.34. The third-order valence-corrected chi connectivity index (χ3v) is 3.62. The van der Waals surface area contributed by atoms with Gasteiger partial charge in [0.15, 0.2) is 0 Å². The van der Waals surface area contributed by atoms with Crippen molar-refractivity contribution in [3.05, 3.63) is 41.6 Å². The number of amides is 1. The average molecular weight is 354 g/mol. The molecule has 7 heteroatoms. The van der Waals surface area contributed by atoms with Crippen LogP contribution in [0.2, 0.25) is 0 Å². The number of ether oxygens (including phenoxy) is 2. The average Bonchev–Trinajstić information content (AvgIpc) is 2.62. The molecule has 2 rings (SSSR count). The van der Waals surface area contributed by atoms with E-state index in [0.717, 1.165) is 11.3 Å². The summed E-state index contributed by atoms with van der Waals surface area (Å²) in [5.41, 5.74) is 1.15. The molecule has 0 radical (unpaired) electrons. The van der Waals surface area contributed by atoms with Gasteiger partial charge in [-0.2, -0.15) is 10.5 Å². The maximum Gasteiger partial charge on any atom is 0.410 e. The van der Waals surface area contributed by atoms with Gasteiger partial charge in [-0.1, -0.05) is 12.1 Å². The summed E-state index contributed by atoms with van der Waals surface area (Å²) < 4.78 is 11.2. The molecule has 1 aromatic carbocycles. The Kier molecular flexibility index (Phi) is 6.21. The highest BCUT2D eigenvalue weighted by atomic mass is 16.6. The standard InChI is InChI=1S/C19H22N4O3/c1-19(2,3)26-18(24)23-8-9-25-17(13-23)15-4-6-16(7-5-15)22-12-14(10-20)11-21/h4-7,12,17,22H,8-9,13H2,1-3H3. The Morgan fingerprint density at radius 2 is 1.96 bits per heavy atom. The molecule has 1 unspecified atom stereocenters. The predicted octanol–water partition coefficient (Wildman–Crippen LogP) is 3.34. The molecule has 0 spiro atoms. The number of nitrogens with one attached hydrogen (secondary N) is 1. The molecule has 1 saturated heterocycles. The second-order valence-corrected chi connectivity index (χ2v) is 6.83. The van der Waals surface area contributed by atoms with Crippen LogP contribution in [0.5, 0.6) is 0 Å².